The average molecular weight is 313 g/mol. The van der Waals surface area contributed by atoms with Gasteiger partial charge in [-0.1, -0.05) is 31.2 Å². The highest BCUT2D eigenvalue weighted by Gasteiger charge is 2.26. The summed E-state index contributed by atoms with van der Waals surface area (Å²) in [4.78, 5) is 26.2. The second-order valence-electron chi connectivity index (χ2n) is 6.05. The second-order valence-corrected chi connectivity index (χ2v) is 6.05. The number of carbonyl (C=O) groups excluding carboxylic acids is 2. The summed E-state index contributed by atoms with van der Waals surface area (Å²) in [6, 6.07) is 7.82. The van der Waals surface area contributed by atoms with Crippen LogP contribution in [0.1, 0.15) is 25.3 Å². The Labute approximate surface area is 136 Å². The fourth-order valence-corrected chi connectivity index (χ4v) is 2.94. The number of benzene rings is 1. The zero-order chi connectivity index (χ0) is 16.2. The zero-order valence-electron chi connectivity index (χ0n) is 13.4. The van der Waals surface area contributed by atoms with Crippen molar-refractivity contribution in [3.8, 4) is 0 Å². The minimum atomic E-state index is -0.105. The molecule has 0 spiro atoms. The molecular weight excluding hydrogens is 290 g/mol. The van der Waals surface area contributed by atoms with E-state index >= 15 is 0 Å². The minimum absolute atomic E-state index is 0.0201. The van der Waals surface area contributed by atoms with E-state index in [9.17, 15) is 9.59 Å². The van der Waals surface area contributed by atoms with Crippen molar-refractivity contribution in [3.05, 3.63) is 42.0 Å². The molecule has 0 aromatic heterocycles. The van der Waals surface area contributed by atoms with Gasteiger partial charge in [0.05, 0.1) is 6.04 Å². The second kappa shape index (κ2) is 6.96. The Hall–Kier alpha value is -2.14. The third-order valence-corrected chi connectivity index (χ3v) is 4.53. The molecule has 2 heterocycles. The molecule has 2 N–H and O–H groups in total. The number of nitrogens with one attached hydrogen (secondary N) is 2. The maximum absolute atomic E-state index is 12.4. The van der Waals surface area contributed by atoms with Crippen LogP contribution in [-0.4, -0.2) is 37.0 Å². The molecule has 2 aliphatic rings. The average Bonchev–Trinajstić information content (AvgIpc) is 2.93. The van der Waals surface area contributed by atoms with Crippen LogP contribution in [-0.2, 0) is 16.0 Å². The van der Waals surface area contributed by atoms with Crippen LogP contribution in [0, 0.1) is 0 Å². The Morgan fingerprint density at radius 1 is 1.43 bits per heavy atom. The Bertz CT molecular complexity index is 622. The van der Waals surface area contributed by atoms with E-state index in [1.54, 1.807) is 17.1 Å². The molecule has 1 aromatic carbocycles. The van der Waals surface area contributed by atoms with Crippen LogP contribution in [0.3, 0.4) is 0 Å². The summed E-state index contributed by atoms with van der Waals surface area (Å²) in [6.07, 6.45) is 5.94. The molecule has 1 fully saturated rings. The standard InChI is InChI=1S/C18H23N3O2/c1-2-14(20-18(23)15-9-11-19-15)7-8-17(22)21-12-10-13-5-3-4-6-16(13)21/h3-8,14-15,19H,2,9-12H2,1H3,(H,20,23)/b8-7+/t14-,15-/m0/s1. The van der Waals surface area contributed by atoms with Crippen LogP contribution in [0.4, 0.5) is 5.69 Å². The summed E-state index contributed by atoms with van der Waals surface area (Å²) in [5.74, 6) is -0.00358. The maximum atomic E-state index is 12.4. The number of nitrogens with zero attached hydrogens (tertiary/aromatic N) is 1. The van der Waals surface area contributed by atoms with Gasteiger partial charge in [-0.25, -0.2) is 0 Å². The van der Waals surface area contributed by atoms with Crippen molar-refractivity contribution in [1.82, 2.24) is 10.6 Å². The third-order valence-electron chi connectivity index (χ3n) is 4.53. The van der Waals surface area contributed by atoms with Gasteiger partial charge < -0.3 is 15.5 Å². The molecule has 2 atom stereocenters. The molecule has 1 aromatic rings. The molecule has 23 heavy (non-hydrogen) atoms. The number of anilines is 1. The van der Waals surface area contributed by atoms with E-state index in [0.29, 0.717) is 0 Å². The fourth-order valence-electron chi connectivity index (χ4n) is 2.94. The number of carbonyl (C=O) groups is 2. The fraction of sp³-hybridized carbons (Fsp3) is 0.444. The van der Waals surface area contributed by atoms with E-state index in [1.807, 2.05) is 25.1 Å². The monoisotopic (exact) mass is 313 g/mol. The number of para-hydroxylation sites is 1. The molecule has 0 aliphatic carbocycles. The van der Waals surface area contributed by atoms with Gasteiger partial charge >= 0.3 is 0 Å². The normalized spacial score (nSPS) is 20.9. The lowest BCUT2D eigenvalue weighted by atomic mass is 10.1. The molecule has 0 bridgehead atoms. The first-order chi connectivity index (χ1) is 11.2. The van der Waals surface area contributed by atoms with Crippen LogP contribution in [0.15, 0.2) is 36.4 Å². The molecule has 1 saturated heterocycles. The smallest absolute Gasteiger partial charge is 0.250 e. The number of rotatable bonds is 5. The highest BCUT2D eigenvalue weighted by atomic mass is 16.2. The van der Waals surface area contributed by atoms with Gasteiger partial charge in [0.2, 0.25) is 5.91 Å². The van der Waals surface area contributed by atoms with Crippen molar-refractivity contribution < 1.29 is 9.59 Å². The highest BCUT2D eigenvalue weighted by Crippen LogP contribution is 2.27. The molecule has 5 heteroatoms. The molecule has 122 valence electrons. The van der Waals surface area contributed by atoms with Crippen LogP contribution in [0.25, 0.3) is 0 Å². The summed E-state index contributed by atoms with van der Waals surface area (Å²) in [5, 5.41) is 6.06. The van der Waals surface area contributed by atoms with E-state index in [-0.39, 0.29) is 23.9 Å². The first-order valence-corrected chi connectivity index (χ1v) is 8.30. The molecule has 0 radical (unpaired) electrons. The zero-order valence-corrected chi connectivity index (χ0v) is 13.4. The Balaban J connectivity index is 1.60. The quantitative estimate of drug-likeness (QED) is 0.808. The molecule has 5 nitrogen and oxygen atoms in total. The first kappa shape index (κ1) is 15.7. The summed E-state index contributed by atoms with van der Waals surface area (Å²) in [6.45, 7) is 3.62. The predicted molar refractivity (Wildman–Crippen MR) is 90.3 cm³/mol. The van der Waals surface area contributed by atoms with Gasteiger partial charge in [-0.05, 0) is 37.4 Å². The van der Waals surface area contributed by atoms with Crippen molar-refractivity contribution in [3.63, 3.8) is 0 Å². The minimum Gasteiger partial charge on any atom is -0.349 e. The predicted octanol–water partition coefficient (Wildman–Crippen LogP) is 1.39. The van der Waals surface area contributed by atoms with Gasteiger partial charge in [0.1, 0.15) is 0 Å². The van der Waals surface area contributed by atoms with E-state index in [4.69, 9.17) is 0 Å². The summed E-state index contributed by atoms with van der Waals surface area (Å²) < 4.78 is 0. The van der Waals surface area contributed by atoms with E-state index < -0.39 is 0 Å². The van der Waals surface area contributed by atoms with Crippen molar-refractivity contribution >= 4 is 17.5 Å². The number of amides is 2. The Kier molecular flexibility index (Phi) is 4.76. The lowest BCUT2D eigenvalue weighted by Crippen LogP contribution is -2.54. The number of hydrogen-bond acceptors (Lipinski definition) is 3. The van der Waals surface area contributed by atoms with Crippen LogP contribution >= 0.6 is 0 Å². The first-order valence-electron chi connectivity index (χ1n) is 8.30. The van der Waals surface area contributed by atoms with E-state index in [2.05, 4.69) is 16.7 Å². The van der Waals surface area contributed by atoms with Gasteiger partial charge in [-0.3, -0.25) is 9.59 Å². The largest absolute Gasteiger partial charge is 0.349 e. The highest BCUT2D eigenvalue weighted by molar-refractivity contribution is 6.03. The number of fused-ring (bicyclic) bond motifs is 1. The van der Waals surface area contributed by atoms with Gasteiger partial charge in [0, 0.05) is 24.4 Å². The van der Waals surface area contributed by atoms with Crippen LogP contribution < -0.4 is 15.5 Å². The molecule has 2 amide bonds. The van der Waals surface area contributed by atoms with Crippen LogP contribution in [0.2, 0.25) is 0 Å². The molecule has 2 aliphatic heterocycles. The van der Waals surface area contributed by atoms with Crippen molar-refractivity contribution in [2.45, 2.75) is 38.3 Å². The molecular formula is C18H23N3O2. The van der Waals surface area contributed by atoms with Crippen molar-refractivity contribution in [1.29, 1.82) is 0 Å². The van der Waals surface area contributed by atoms with Gasteiger partial charge in [-0.15, -0.1) is 0 Å². The summed E-state index contributed by atoms with van der Waals surface area (Å²) >= 11 is 0. The van der Waals surface area contributed by atoms with Gasteiger partial charge in [0.25, 0.3) is 5.91 Å². The van der Waals surface area contributed by atoms with E-state index in [1.165, 1.54) is 5.56 Å². The lowest BCUT2D eigenvalue weighted by Gasteiger charge is -2.27. The molecule has 0 saturated carbocycles. The third kappa shape index (κ3) is 3.45. The SMILES string of the molecule is CC[C@@H](/C=C/C(=O)N1CCc2ccccc21)NC(=O)[C@@H]1CCN1. The Morgan fingerprint density at radius 3 is 2.91 bits per heavy atom. The summed E-state index contributed by atoms with van der Waals surface area (Å²) in [5.41, 5.74) is 2.21. The van der Waals surface area contributed by atoms with Crippen molar-refractivity contribution in [2.75, 3.05) is 18.0 Å². The van der Waals surface area contributed by atoms with Crippen LogP contribution in [0.5, 0.6) is 0 Å². The summed E-state index contributed by atoms with van der Waals surface area (Å²) in [7, 11) is 0. The molecule has 3 rings (SSSR count). The van der Waals surface area contributed by atoms with Crippen molar-refractivity contribution in [2.24, 2.45) is 0 Å². The lowest BCUT2D eigenvalue weighted by molar-refractivity contribution is -0.125. The topological polar surface area (TPSA) is 61.4 Å². The van der Waals surface area contributed by atoms with Gasteiger partial charge in [0.15, 0.2) is 0 Å². The van der Waals surface area contributed by atoms with E-state index in [0.717, 1.165) is 38.0 Å². The van der Waals surface area contributed by atoms with Gasteiger partial charge in [-0.2, -0.15) is 0 Å². The molecule has 0 unspecified atom stereocenters. The Morgan fingerprint density at radius 2 is 2.22 bits per heavy atom. The maximum Gasteiger partial charge on any atom is 0.250 e. The number of hydrogen-bond donors (Lipinski definition) is 2.